The zero-order chi connectivity index (χ0) is 23.9. The molecule has 0 saturated carbocycles. The highest BCUT2D eigenvalue weighted by molar-refractivity contribution is 8.29. The molecule has 1 saturated heterocycles. The third kappa shape index (κ3) is 4.04. The van der Waals surface area contributed by atoms with Gasteiger partial charge in [-0.3, -0.25) is 14.5 Å². The minimum Gasteiger partial charge on any atom is -0.292 e. The lowest BCUT2D eigenvalue weighted by atomic mass is 10.1. The summed E-state index contributed by atoms with van der Waals surface area (Å²) in [4.78, 5) is 28.6. The van der Waals surface area contributed by atoms with Gasteiger partial charge in [-0.1, -0.05) is 71.4 Å². The number of para-hydroxylation sites is 1. The molecule has 1 amide bonds. The maximum atomic E-state index is 13.9. The molecule has 1 atom stereocenters. The fourth-order valence-corrected chi connectivity index (χ4v) is 6.73. The molecule has 1 fully saturated rings. The number of aryl methyl sites for hydroxylation is 1. The summed E-state index contributed by atoms with van der Waals surface area (Å²) in [5.41, 5.74) is 3.53. The Labute approximate surface area is 211 Å². The average Bonchev–Trinajstić information content (AvgIpc) is 3.34. The lowest BCUT2D eigenvalue weighted by Crippen LogP contribution is -2.51. The normalized spacial score (nSPS) is 21.0. The molecular formula is C26H20ClN3O2S2. The standard InChI is InChI=1S/C26H20ClN3O2S2/c1-17-8-10-19(11-9-17)16-23-25(32)29(21-6-4-3-5-7-21)26(33-23)30(28-24(34-26)18(2)31)22-14-12-20(27)13-15-22/h3-16H,1-2H3/b23-16+/t26-/m0/s1. The number of hydrazone groups is 1. The first-order valence-electron chi connectivity index (χ1n) is 10.6. The molecule has 2 aliphatic heterocycles. The Morgan fingerprint density at radius 2 is 1.62 bits per heavy atom. The van der Waals surface area contributed by atoms with Crippen LogP contribution >= 0.6 is 35.1 Å². The molecule has 1 spiro atoms. The summed E-state index contributed by atoms with van der Waals surface area (Å²) in [5.74, 6) is -0.305. The minimum absolute atomic E-state index is 0.150. The zero-order valence-electron chi connectivity index (χ0n) is 18.4. The summed E-state index contributed by atoms with van der Waals surface area (Å²) in [6.07, 6.45) is 1.89. The number of Topliss-reactive ketones (excluding diaryl/α,β-unsaturated/α-hetero) is 1. The molecule has 5 nitrogen and oxygen atoms in total. The Kier molecular flexibility index (Phi) is 6.02. The topological polar surface area (TPSA) is 53.0 Å². The van der Waals surface area contributed by atoms with Crippen molar-refractivity contribution in [3.8, 4) is 0 Å². The van der Waals surface area contributed by atoms with E-state index in [4.69, 9.17) is 11.6 Å². The van der Waals surface area contributed by atoms with Gasteiger partial charge in [0.05, 0.1) is 10.6 Å². The molecule has 34 heavy (non-hydrogen) atoms. The van der Waals surface area contributed by atoms with Crippen molar-refractivity contribution in [2.45, 2.75) is 18.2 Å². The fourth-order valence-electron chi connectivity index (χ4n) is 3.73. The van der Waals surface area contributed by atoms with Crippen LogP contribution in [0.1, 0.15) is 18.1 Å². The van der Waals surface area contributed by atoms with Gasteiger partial charge in [-0.15, -0.1) is 0 Å². The maximum Gasteiger partial charge on any atom is 0.268 e. The Bertz CT molecular complexity index is 1320. The second kappa shape index (κ2) is 8.98. The van der Waals surface area contributed by atoms with Crippen molar-refractivity contribution >= 4 is 69.3 Å². The van der Waals surface area contributed by atoms with Gasteiger partial charge < -0.3 is 0 Å². The van der Waals surface area contributed by atoms with Gasteiger partial charge in [0, 0.05) is 17.6 Å². The third-order valence-corrected chi connectivity index (χ3v) is 8.46. The van der Waals surface area contributed by atoms with Crippen LogP contribution in [0.5, 0.6) is 0 Å². The zero-order valence-corrected chi connectivity index (χ0v) is 20.8. The van der Waals surface area contributed by atoms with E-state index in [0.29, 0.717) is 15.0 Å². The van der Waals surface area contributed by atoms with Crippen molar-refractivity contribution in [3.05, 3.63) is 99.9 Å². The molecule has 0 aliphatic carbocycles. The second-order valence-corrected chi connectivity index (χ2v) is 11.0. The van der Waals surface area contributed by atoms with E-state index in [0.717, 1.165) is 22.5 Å². The van der Waals surface area contributed by atoms with Crippen LogP contribution < -0.4 is 9.91 Å². The van der Waals surface area contributed by atoms with Gasteiger partial charge in [-0.2, -0.15) is 5.10 Å². The number of rotatable bonds is 4. The van der Waals surface area contributed by atoms with E-state index in [-0.39, 0.29) is 11.7 Å². The Hall–Kier alpha value is -3.00. The second-order valence-electron chi connectivity index (χ2n) is 7.90. The predicted octanol–water partition coefficient (Wildman–Crippen LogP) is 6.54. The number of benzene rings is 3. The average molecular weight is 506 g/mol. The van der Waals surface area contributed by atoms with Crippen LogP contribution in [-0.2, 0) is 9.59 Å². The van der Waals surface area contributed by atoms with Gasteiger partial charge in [0.15, 0.2) is 10.8 Å². The molecule has 0 N–H and O–H groups in total. The van der Waals surface area contributed by atoms with Crippen molar-refractivity contribution in [2.75, 3.05) is 9.91 Å². The van der Waals surface area contributed by atoms with Crippen molar-refractivity contribution in [1.82, 2.24) is 0 Å². The number of hydrogen-bond donors (Lipinski definition) is 0. The number of amides is 1. The molecule has 2 heterocycles. The summed E-state index contributed by atoms with van der Waals surface area (Å²) in [7, 11) is 0. The first-order valence-corrected chi connectivity index (χ1v) is 12.6. The quantitative estimate of drug-likeness (QED) is 0.377. The van der Waals surface area contributed by atoms with Crippen molar-refractivity contribution in [2.24, 2.45) is 5.10 Å². The molecule has 8 heteroatoms. The number of anilines is 2. The molecule has 3 aromatic carbocycles. The van der Waals surface area contributed by atoms with Gasteiger partial charge in [-0.05, 0) is 66.7 Å². The Morgan fingerprint density at radius 3 is 2.26 bits per heavy atom. The van der Waals surface area contributed by atoms with Gasteiger partial charge in [0.2, 0.25) is 4.33 Å². The van der Waals surface area contributed by atoms with E-state index < -0.39 is 4.33 Å². The van der Waals surface area contributed by atoms with E-state index in [9.17, 15) is 9.59 Å². The lowest BCUT2D eigenvalue weighted by Gasteiger charge is -2.38. The minimum atomic E-state index is -1.04. The number of carbonyl (C=O) groups excluding carboxylic acids is 2. The molecule has 170 valence electrons. The molecule has 0 bridgehead atoms. The van der Waals surface area contributed by atoms with Gasteiger partial charge in [-0.25, -0.2) is 5.01 Å². The number of carbonyl (C=O) groups is 2. The molecule has 2 aliphatic rings. The fraction of sp³-hybridized carbons (Fsp3) is 0.115. The third-order valence-electron chi connectivity index (χ3n) is 5.39. The highest BCUT2D eigenvalue weighted by Crippen LogP contribution is 2.59. The molecule has 3 aromatic rings. The van der Waals surface area contributed by atoms with Gasteiger partial charge in [0.25, 0.3) is 5.91 Å². The molecule has 5 rings (SSSR count). The summed E-state index contributed by atoms with van der Waals surface area (Å²) < 4.78 is -1.04. The molecule has 0 unspecified atom stereocenters. The summed E-state index contributed by atoms with van der Waals surface area (Å²) in [6, 6.07) is 24.7. The number of nitrogens with zero attached hydrogens (tertiary/aromatic N) is 3. The number of thioether (sulfide) groups is 2. The largest absolute Gasteiger partial charge is 0.292 e. The number of hydrogen-bond acceptors (Lipinski definition) is 6. The first-order chi connectivity index (χ1) is 16.4. The van der Waals surface area contributed by atoms with Crippen LogP contribution in [0.2, 0.25) is 5.02 Å². The van der Waals surface area contributed by atoms with Crippen LogP contribution in [0.3, 0.4) is 0 Å². The van der Waals surface area contributed by atoms with Crippen LogP contribution in [-0.4, -0.2) is 21.1 Å². The predicted molar refractivity (Wildman–Crippen MR) is 143 cm³/mol. The Balaban J connectivity index is 1.68. The van der Waals surface area contributed by atoms with Crippen LogP contribution in [0.4, 0.5) is 11.4 Å². The number of ketones is 1. The molecular weight excluding hydrogens is 486 g/mol. The van der Waals surface area contributed by atoms with Gasteiger partial charge >= 0.3 is 0 Å². The van der Waals surface area contributed by atoms with E-state index in [1.165, 1.54) is 30.4 Å². The lowest BCUT2D eigenvalue weighted by molar-refractivity contribution is -0.114. The van der Waals surface area contributed by atoms with Crippen molar-refractivity contribution in [1.29, 1.82) is 0 Å². The summed E-state index contributed by atoms with van der Waals surface area (Å²) >= 11 is 8.79. The van der Waals surface area contributed by atoms with Crippen LogP contribution in [0.15, 0.2) is 88.9 Å². The van der Waals surface area contributed by atoms with Crippen LogP contribution in [0.25, 0.3) is 6.08 Å². The Morgan fingerprint density at radius 1 is 0.941 bits per heavy atom. The van der Waals surface area contributed by atoms with E-state index in [2.05, 4.69) is 5.10 Å². The highest BCUT2D eigenvalue weighted by atomic mass is 35.5. The summed E-state index contributed by atoms with van der Waals surface area (Å²) in [5, 5.41) is 7.34. The highest BCUT2D eigenvalue weighted by Gasteiger charge is 2.59. The van der Waals surface area contributed by atoms with Crippen molar-refractivity contribution < 1.29 is 9.59 Å². The van der Waals surface area contributed by atoms with Gasteiger partial charge in [0.1, 0.15) is 0 Å². The smallest absolute Gasteiger partial charge is 0.268 e. The van der Waals surface area contributed by atoms with Crippen LogP contribution in [0, 0.1) is 6.92 Å². The number of halogens is 1. The summed E-state index contributed by atoms with van der Waals surface area (Å²) in [6.45, 7) is 3.51. The SMILES string of the molecule is CC(=O)C1=NN(c2ccc(Cl)cc2)[C@]2(S1)S/C(=C/c1ccc(C)cc1)C(=O)N2c1ccccc1. The maximum absolute atomic E-state index is 13.9. The van der Waals surface area contributed by atoms with E-state index >= 15 is 0 Å². The molecule has 0 aromatic heterocycles. The first kappa shape index (κ1) is 22.8. The molecule has 0 radical (unpaired) electrons. The monoisotopic (exact) mass is 505 g/mol. The van der Waals surface area contributed by atoms with E-state index in [1.807, 2.05) is 79.7 Å². The van der Waals surface area contributed by atoms with E-state index in [1.54, 1.807) is 22.0 Å². The van der Waals surface area contributed by atoms with Crippen molar-refractivity contribution in [3.63, 3.8) is 0 Å².